The van der Waals surface area contributed by atoms with E-state index < -0.39 is 0 Å². The van der Waals surface area contributed by atoms with E-state index in [1.807, 2.05) is 24.3 Å². The molecule has 2 aliphatic carbocycles. The first-order chi connectivity index (χ1) is 17.8. The molecule has 5 nitrogen and oxygen atoms in total. The van der Waals surface area contributed by atoms with Gasteiger partial charge < -0.3 is 15.1 Å². The van der Waals surface area contributed by atoms with Gasteiger partial charge in [-0.1, -0.05) is 36.6 Å². The Morgan fingerprint density at radius 1 is 1.16 bits per heavy atom. The van der Waals surface area contributed by atoms with Gasteiger partial charge in [-0.3, -0.25) is 4.79 Å². The predicted molar refractivity (Wildman–Crippen MR) is 148 cm³/mol. The fourth-order valence-corrected chi connectivity index (χ4v) is 7.28. The van der Waals surface area contributed by atoms with E-state index in [1.165, 1.54) is 31.7 Å². The topological polar surface area (TPSA) is 47.9 Å². The van der Waals surface area contributed by atoms with Gasteiger partial charge in [0.2, 0.25) is 5.91 Å². The Labute approximate surface area is 225 Å². The average molecular weight is 527 g/mol. The minimum atomic E-state index is -0.232. The van der Waals surface area contributed by atoms with Crippen molar-refractivity contribution in [2.24, 2.45) is 16.8 Å². The minimum Gasteiger partial charge on any atom is -0.351 e. The Bertz CT molecular complexity index is 1090. The molecule has 4 aliphatic rings. The van der Waals surface area contributed by atoms with E-state index in [9.17, 15) is 9.18 Å². The van der Waals surface area contributed by atoms with Crippen LogP contribution in [0.4, 0.5) is 4.39 Å². The van der Waals surface area contributed by atoms with Gasteiger partial charge in [0.15, 0.2) is 0 Å². The molecular weight excluding hydrogens is 487 g/mol. The van der Waals surface area contributed by atoms with Crippen LogP contribution in [0.25, 0.3) is 0 Å². The molecule has 1 amide bonds. The lowest BCUT2D eigenvalue weighted by Gasteiger charge is -2.44. The highest BCUT2D eigenvalue weighted by Gasteiger charge is 2.38. The predicted octanol–water partition coefficient (Wildman–Crippen LogP) is 5.85. The first-order valence-corrected chi connectivity index (χ1v) is 14.4. The molecule has 1 saturated carbocycles. The van der Waals surface area contributed by atoms with E-state index in [0.717, 1.165) is 74.3 Å². The number of benzene rings is 1. The number of nitrogens with zero attached hydrogens (tertiary/aromatic N) is 3. The molecule has 2 unspecified atom stereocenters. The number of hydrogen-bond acceptors (Lipinski definition) is 4. The first-order valence-electron chi connectivity index (χ1n) is 14.0. The summed E-state index contributed by atoms with van der Waals surface area (Å²) in [5.41, 5.74) is 1.50. The molecule has 1 saturated heterocycles. The molecule has 1 aromatic rings. The second-order valence-corrected chi connectivity index (χ2v) is 12.2. The van der Waals surface area contributed by atoms with Crippen molar-refractivity contribution in [2.45, 2.75) is 76.8 Å². The molecule has 0 aromatic heterocycles. The summed E-state index contributed by atoms with van der Waals surface area (Å²) in [5.74, 6) is 2.06. The number of aliphatic imine (C=N–C) groups is 1. The molecule has 2 fully saturated rings. The maximum absolute atomic E-state index is 14.7. The van der Waals surface area contributed by atoms with Gasteiger partial charge in [0.05, 0.1) is 17.3 Å². The van der Waals surface area contributed by atoms with Crippen molar-refractivity contribution in [3.8, 4) is 0 Å². The van der Waals surface area contributed by atoms with E-state index in [-0.39, 0.29) is 23.3 Å². The van der Waals surface area contributed by atoms with Gasteiger partial charge in [-0.2, -0.15) is 0 Å². The molecule has 0 bridgehead atoms. The Balaban J connectivity index is 1.15. The van der Waals surface area contributed by atoms with Crippen molar-refractivity contribution in [3.63, 3.8) is 0 Å². The van der Waals surface area contributed by atoms with E-state index in [0.29, 0.717) is 11.5 Å². The molecule has 200 valence electrons. The zero-order valence-corrected chi connectivity index (χ0v) is 22.9. The number of piperidine rings is 1. The van der Waals surface area contributed by atoms with Crippen molar-refractivity contribution >= 4 is 23.3 Å². The van der Waals surface area contributed by atoms with Crippen molar-refractivity contribution in [3.05, 3.63) is 58.5 Å². The third-order valence-electron chi connectivity index (χ3n) is 8.83. The SMILES string of the molecule is CC(=O)NC1(C)CCCC(C2CCN(CCCN3C(c4ccccc4F)=NC4=CC=C(Cl)C[C@@H]43)CC2)C1. The summed E-state index contributed by atoms with van der Waals surface area (Å²) in [6.07, 6.45) is 12.8. The summed E-state index contributed by atoms with van der Waals surface area (Å²) in [5, 5.41) is 4.05. The standard InChI is InChI=1S/C30H40ClFN4O/c1-21(37)34-30(2)14-5-7-23(20-30)22-12-17-35(18-13-22)15-6-16-36-28-19-24(31)10-11-27(28)33-29(36)25-8-3-4-9-26(25)32/h3-4,8-11,22-23,28H,5-7,12-20H2,1-2H3,(H,34,37)/t23?,28-,30?/m0/s1. The van der Waals surface area contributed by atoms with Crippen molar-refractivity contribution in [1.82, 2.24) is 15.1 Å². The van der Waals surface area contributed by atoms with Gasteiger partial charge in [0.25, 0.3) is 0 Å². The smallest absolute Gasteiger partial charge is 0.217 e. The third kappa shape index (κ3) is 6.12. The summed E-state index contributed by atoms with van der Waals surface area (Å²) in [4.78, 5) is 21.4. The number of amidine groups is 1. The van der Waals surface area contributed by atoms with Crippen LogP contribution in [-0.4, -0.2) is 59.3 Å². The fourth-order valence-electron chi connectivity index (χ4n) is 7.07. The summed E-state index contributed by atoms with van der Waals surface area (Å²) < 4.78 is 14.7. The maximum Gasteiger partial charge on any atom is 0.217 e. The number of halogens is 2. The van der Waals surface area contributed by atoms with Crippen LogP contribution in [0.1, 0.15) is 70.8 Å². The first kappa shape index (κ1) is 26.4. The minimum absolute atomic E-state index is 0.0381. The average Bonchev–Trinajstić information content (AvgIpc) is 3.21. The van der Waals surface area contributed by atoms with Crippen molar-refractivity contribution in [2.75, 3.05) is 26.2 Å². The Morgan fingerprint density at radius 2 is 1.95 bits per heavy atom. The highest BCUT2D eigenvalue weighted by Crippen LogP contribution is 2.40. The lowest BCUT2D eigenvalue weighted by atomic mass is 9.69. The molecule has 0 spiro atoms. The molecule has 3 atom stereocenters. The van der Waals surface area contributed by atoms with E-state index >= 15 is 0 Å². The summed E-state index contributed by atoms with van der Waals surface area (Å²) in [6, 6.07) is 7.01. The number of amides is 1. The normalized spacial score (nSPS) is 28.9. The van der Waals surface area contributed by atoms with E-state index in [4.69, 9.17) is 16.6 Å². The number of carbonyl (C=O) groups is 1. The van der Waals surface area contributed by atoms with Gasteiger partial charge >= 0.3 is 0 Å². The highest BCUT2D eigenvalue weighted by atomic mass is 35.5. The van der Waals surface area contributed by atoms with Crippen molar-refractivity contribution in [1.29, 1.82) is 0 Å². The van der Waals surface area contributed by atoms with Crippen LogP contribution in [0.15, 0.2) is 52.1 Å². The molecule has 5 rings (SSSR count). The molecule has 0 radical (unpaired) electrons. The van der Waals surface area contributed by atoms with Gasteiger partial charge in [-0.25, -0.2) is 9.38 Å². The van der Waals surface area contributed by atoms with Gasteiger partial charge in [0.1, 0.15) is 11.7 Å². The van der Waals surface area contributed by atoms with Gasteiger partial charge in [-0.05, 0) is 94.8 Å². The zero-order valence-electron chi connectivity index (χ0n) is 22.2. The highest BCUT2D eigenvalue weighted by molar-refractivity contribution is 6.29. The number of hydrogen-bond donors (Lipinski definition) is 1. The second-order valence-electron chi connectivity index (χ2n) is 11.7. The molecule has 2 aliphatic heterocycles. The van der Waals surface area contributed by atoms with Gasteiger partial charge in [0, 0.05) is 30.5 Å². The second kappa shape index (κ2) is 11.3. The summed E-state index contributed by atoms with van der Waals surface area (Å²) in [7, 11) is 0. The molecule has 1 N–H and O–H groups in total. The lowest BCUT2D eigenvalue weighted by Crippen LogP contribution is -2.50. The zero-order chi connectivity index (χ0) is 26.0. The Hall–Kier alpha value is -2.18. The quantitative estimate of drug-likeness (QED) is 0.484. The number of carbonyl (C=O) groups excluding carboxylic acids is 1. The van der Waals surface area contributed by atoms with Crippen LogP contribution in [0.5, 0.6) is 0 Å². The Morgan fingerprint density at radius 3 is 2.70 bits per heavy atom. The molecule has 2 heterocycles. The van der Waals surface area contributed by atoms with Gasteiger partial charge in [-0.15, -0.1) is 0 Å². The number of likely N-dealkylation sites (tertiary alicyclic amines) is 1. The van der Waals surface area contributed by atoms with Crippen LogP contribution < -0.4 is 5.32 Å². The summed E-state index contributed by atoms with van der Waals surface area (Å²) in [6.45, 7) is 8.00. The number of rotatable bonds is 7. The van der Waals surface area contributed by atoms with Crippen LogP contribution in [0, 0.1) is 17.7 Å². The molecular formula is C30H40ClFN4O. The van der Waals surface area contributed by atoms with Crippen LogP contribution in [0.3, 0.4) is 0 Å². The van der Waals surface area contributed by atoms with Crippen LogP contribution in [0.2, 0.25) is 0 Å². The Kier molecular flexibility index (Phi) is 8.06. The number of nitrogens with one attached hydrogen (secondary N) is 1. The molecule has 7 heteroatoms. The lowest BCUT2D eigenvalue weighted by molar-refractivity contribution is -0.121. The fraction of sp³-hybridized carbons (Fsp3) is 0.600. The number of fused-ring (bicyclic) bond motifs is 1. The third-order valence-corrected chi connectivity index (χ3v) is 9.11. The summed E-state index contributed by atoms with van der Waals surface area (Å²) >= 11 is 6.39. The van der Waals surface area contributed by atoms with E-state index in [1.54, 1.807) is 13.0 Å². The largest absolute Gasteiger partial charge is 0.351 e. The monoisotopic (exact) mass is 526 g/mol. The van der Waals surface area contributed by atoms with Crippen LogP contribution in [-0.2, 0) is 4.79 Å². The maximum atomic E-state index is 14.7. The number of allylic oxidation sites excluding steroid dienone is 2. The molecule has 37 heavy (non-hydrogen) atoms. The van der Waals surface area contributed by atoms with E-state index in [2.05, 4.69) is 22.0 Å². The molecule has 1 aromatic carbocycles. The van der Waals surface area contributed by atoms with Crippen LogP contribution >= 0.6 is 11.6 Å². The van der Waals surface area contributed by atoms with Crippen molar-refractivity contribution < 1.29 is 9.18 Å².